The third-order valence-corrected chi connectivity index (χ3v) is 3.40. The van der Waals surface area contributed by atoms with Crippen molar-refractivity contribution in [2.24, 2.45) is 0 Å². The lowest BCUT2D eigenvalue weighted by molar-refractivity contribution is -0.534. The van der Waals surface area contributed by atoms with Crippen molar-refractivity contribution in [1.82, 2.24) is 5.32 Å². The minimum atomic E-state index is -0.609. The van der Waals surface area contributed by atoms with Crippen LogP contribution in [0.15, 0.2) is 24.3 Å². The van der Waals surface area contributed by atoms with Crippen molar-refractivity contribution in [2.45, 2.75) is 45.3 Å². The van der Waals surface area contributed by atoms with Crippen LogP contribution >= 0.6 is 0 Å². The number of hydrogen-bond acceptors (Lipinski definition) is 4. The number of nitrogens with zero attached hydrogens (tertiary/aromatic N) is 1. The van der Waals surface area contributed by atoms with Crippen molar-refractivity contribution in [3.05, 3.63) is 39.9 Å². The van der Waals surface area contributed by atoms with Gasteiger partial charge in [0, 0.05) is 23.5 Å². The number of rotatable bonds is 7. The molecule has 1 aromatic carbocycles. The third kappa shape index (κ3) is 3.92. The van der Waals surface area contributed by atoms with E-state index in [2.05, 4.69) is 5.32 Å². The molecule has 0 aliphatic heterocycles. The Bertz CT molecular complexity index is 432. The zero-order valence-corrected chi connectivity index (χ0v) is 12.0. The summed E-state index contributed by atoms with van der Waals surface area (Å²) in [6.45, 7) is 6.10. The molecule has 0 aliphatic rings. The van der Waals surface area contributed by atoms with Crippen LogP contribution in [0, 0.1) is 10.1 Å². The molecular weight excluding hydrogens is 244 g/mol. The summed E-state index contributed by atoms with van der Waals surface area (Å²) in [4.78, 5) is 10.8. The number of ether oxygens (including phenoxy) is 1. The summed E-state index contributed by atoms with van der Waals surface area (Å²) in [6.07, 6.45) is 0.499. The minimum Gasteiger partial charge on any atom is -0.496 e. The molecule has 0 aliphatic carbocycles. The first-order valence-corrected chi connectivity index (χ1v) is 6.42. The van der Waals surface area contributed by atoms with E-state index in [0.29, 0.717) is 13.0 Å². The van der Waals surface area contributed by atoms with E-state index in [1.54, 1.807) is 7.11 Å². The molecule has 1 rings (SSSR count). The van der Waals surface area contributed by atoms with E-state index < -0.39 is 11.6 Å². The number of hydrogen-bond donors (Lipinski definition) is 1. The van der Waals surface area contributed by atoms with Crippen LogP contribution in [0.25, 0.3) is 0 Å². The van der Waals surface area contributed by atoms with E-state index in [9.17, 15) is 10.1 Å². The normalized spacial score (nSPS) is 13.1. The molecule has 1 atom stereocenters. The Morgan fingerprint density at radius 1 is 1.42 bits per heavy atom. The molecule has 19 heavy (non-hydrogen) atoms. The fourth-order valence-corrected chi connectivity index (χ4v) is 2.21. The van der Waals surface area contributed by atoms with Crippen LogP contribution in [0.2, 0.25) is 0 Å². The second kappa shape index (κ2) is 6.52. The van der Waals surface area contributed by atoms with E-state index >= 15 is 0 Å². The van der Waals surface area contributed by atoms with Crippen molar-refractivity contribution in [2.75, 3.05) is 7.11 Å². The fourth-order valence-electron chi connectivity index (χ4n) is 2.21. The molecule has 0 aromatic heterocycles. The van der Waals surface area contributed by atoms with E-state index in [0.717, 1.165) is 11.3 Å². The minimum absolute atomic E-state index is 0.213. The zero-order valence-electron chi connectivity index (χ0n) is 12.0. The summed E-state index contributed by atoms with van der Waals surface area (Å²) in [5.41, 5.74) is 0.426. The monoisotopic (exact) mass is 266 g/mol. The summed E-state index contributed by atoms with van der Waals surface area (Å²) in [6, 6.07) is 7.06. The second-order valence-electron chi connectivity index (χ2n) is 5.10. The maximum atomic E-state index is 11.1. The molecular formula is C14H22N2O3. The Morgan fingerprint density at radius 2 is 2.05 bits per heavy atom. The van der Waals surface area contributed by atoms with Crippen molar-refractivity contribution in [3.63, 3.8) is 0 Å². The molecule has 0 radical (unpaired) electrons. The average molecular weight is 266 g/mol. The van der Waals surface area contributed by atoms with E-state index in [1.165, 1.54) is 0 Å². The smallest absolute Gasteiger partial charge is 0.230 e. The highest BCUT2D eigenvalue weighted by atomic mass is 16.6. The quantitative estimate of drug-likeness (QED) is 0.608. The second-order valence-corrected chi connectivity index (χ2v) is 5.10. The SMILES string of the molecule is CCC([N+](=O)[O-])C(C)(C)NCc1ccccc1OC. The van der Waals surface area contributed by atoms with E-state index in [4.69, 9.17) is 4.74 Å². The molecule has 0 fully saturated rings. The lowest BCUT2D eigenvalue weighted by atomic mass is 9.92. The molecule has 0 bridgehead atoms. The van der Waals surface area contributed by atoms with Crippen LogP contribution in [0.5, 0.6) is 5.75 Å². The molecule has 5 heteroatoms. The molecule has 5 nitrogen and oxygen atoms in total. The average Bonchev–Trinajstić information content (AvgIpc) is 2.36. The van der Waals surface area contributed by atoms with Crippen LogP contribution in [0.1, 0.15) is 32.8 Å². The molecule has 1 unspecified atom stereocenters. The summed E-state index contributed by atoms with van der Waals surface area (Å²) >= 11 is 0. The predicted molar refractivity (Wildman–Crippen MR) is 75.0 cm³/mol. The first-order valence-electron chi connectivity index (χ1n) is 6.42. The maximum Gasteiger partial charge on any atom is 0.230 e. The summed E-state index contributed by atoms with van der Waals surface area (Å²) < 4.78 is 5.27. The van der Waals surface area contributed by atoms with Gasteiger partial charge in [-0.2, -0.15) is 0 Å². The highest BCUT2D eigenvalue weighted by molar-refractivity contribution is 5.33. The molecule has 0 saturated heterocycles. The standard InChI is InChI=1S/C14H22N2O3/c1-5-13(16(17)18)14(2,3)15-10-11-8-6-7-9-12(11)19-4/h6-9,13,15H,5,10H2,1-4H3. The Morgan fingerprint density at radius 3 is 2.58 bits per heavy atom. The third-order valence-electron chi connectivity index (χ3n) is 3.40. The van der Waals surface area contributed by atoms with Gasteiger partial charge in [0.25, 0.3) is 0 Å². The van der Waals surface area contributed by atoms with Gasteiger partial charge in [-0.3, -0.25) is 10.1 Å². The van der Waals surface area contributed by atoms with Crippen molar-refractivity contribution >= 4 is 0 Å². The Hall–Kier alpha value is -1.62. The molecule has 106 valence electrons. The van der Waals surface area contributed by atoms with Gasteiger partial charge in [0.05, 0.1) is 12.6 Å². The van der Waals surface area contributed by atoms with Gasteiger partial charge in [0.1, 0.15) is 5.75 Å². The Labute approximate surface area is 114 Å². The maximum absolute atomic E-state index is 11.1. The highest BCUT2D eigenvalue weighted by Gasteiger charge is 2.36. The molecule has 1 N–H and O–H groups in total. The zero-order chi connectivity index (χ0) is 14.5. The number of nitrogens with one attached hydrogen (secondary N) is 1. The first-order chi connectivity index (χ1) is 8.92. The summed E-state index contributed by atoms with van der Waals surface area (Å²) in [5, 5.41) is 14.3. The van der Waals surface area contributed by atoms with Crippen LogP contribution in [0.4, 0.5) is 0 Å². The van der Waals surface area contributed by atoms with Crippen LogP contribution in [0.3, 0.4) is 0 Å². The number of benzene rings is 1. The van der Waals surface area contributed by atoms with Crippen LogP contribution in [-0.4, -0.2) is 23.6 Å². The molecule has 1 aromatic rings. The number of para-hydroxylation sites is 1. The molecule has 0 saturated carbocycles. The predicted octanol–water partition coefficient (Wildman–Crippen LogP) is 2.62. The van der Waals surface area contributed by atoms with E-state index in [-0.39, 0.29) is 4.92 Å². The Balaban J connectivity index is 2.76. The van der Waals surface area contributed by atoms with Gasteiger partial charge in [-0.25, -0.2) is 0 Å². The fraction of sp³-hybridized carbons (Fsp3) is 0.571. The molecule has 0 heterocycles. The van der Waals surface area contributed by atoms with Gasteiger partial charge < -0.3 is 10.1 Å². The number of nitro groups is 1. The topological polar surface area (TPSA) is 64.4 Å². The summed E-state index contributed by atoms with van der Waals surface area (Å²) in [5.74, 6) is 0.792. The lowest BCUT2D eigenvalue weighted by Gasteiger charge is -2.29. The largest absolute Gasteiger partial charge is 0.496 e. The van der Waals surface area contributed by atoms with Crippen molar-refractivity contribution in [3.8, 4) is 5.75 Å². The highest BCUT2D eigenvalue weighted by Crippen LogP contribution is 2.20. The van der Waals surface area contributed by atoms with Crippen molar-refractivity contribution in [1.29, 1.82) is 0 Å². The molecule has 0 spiro atoms. The molecule has 0 amide bonds. The van der Waals surface area contributed by atoms with Gasteiger partial charge in [-0.1, -0.05) is 25.1 Å². The summed E-state index contributed by atoms with van der Waals surface area (Å²) in [7, 11) is 1.62. The van der Waals surface area contributed by atoms with E-state index in [1.807, 2.05) is 45.0 Å². The van der Waals surface area contributed by atoms with Gasteiger partial charge in [-0.05, 0) is 19.9 Å². The Kier molecular flexibility index (Phi) is 5.30. The first kappa shape index (κ1) is 15.4. The van der Waals surface area contributed by atoms with Gasteiger partial charge in [0.2, 0.25) is 6.04 Å². The van der Waals surface area contributed by atoms with Gasteiger partial charge in [0.15, 0.2) is 0 Å². The number of methoxy groups -OCH3 is 1. The van der Waals surface area contributed by atoms with Gasteiger partial charge in [-0.15, -0.1) is 0 Å². The van der Waals surface area contributed by atoms with Crippen molar-refractivity contribution < 1.29 is 9.66 Å². The van der Waals surface area contributed by atoms with Crippen LogP contribution < -0.4 is 10.1 Å². The van der Waals surface area contributed by atoms with Crippen LogP contribution in [-0.2, 0) is 6.54 Å². The van der Waals surface area contributed by atoms with Gasteiger partial charge >= 0.3 is 0 Å². The lowest BCUT2D eigenvalue weighted by Crippen LogP contribution is -2.52.